The zero-order valence-electron chi connectivity index (χ0n) is 17.8. The lowest BCUT2D eigenvalue weighted by Gasteiger charge is -2.12. The maximum absolute atomic E-state index is 13.0. The molecule has 0 fully saturated rings. The molecule has 2 aromatic carbocycles. The van der Waals surface area contributed by atoms with Gasteiger partial charge in [-0.3, -0.25) is 4.79 Å². The van der Waals surface area contributed by atoms with Crippen LogP contribution in [0, 0.1) is 0 Å². The number of fused-ring (bicyclic) bond motifs is 1. The lowest BCUT2D eigenvalue weighted by molar-refractivity contribution is 0.324. The molecular weight excluding hydrogens is 430 g/mol. The molecule has 0 atom stereocenters. The molecule has 0 N–H and O–H groups in total. The van der Waals surface area contributed by atoms with Gasteiger partial charge in [0.05, 0.1) is 25.9 Å². The maximum Gasteiger partial charge on any atom is 0.291 e. The number of nitrogens with zero attached hydrogens (tertiary/aromatic N) is 3. The predicted octanol–water partition coefficient (Wildman–Crippen LogP) is 2.96. The van der Waals surface area contributed by atoms with Gasteiger partial charge in [0.15, 0.2) is 17.3 Å². The average molecular weight is 452 g/mol. The van der Waals surface area contributed by atoms with Crippen LogP contribution in [0.4, 0.5) is 0 Å². The van der Waals surface area contributed by atoms with Crippen LogP contribution in [0.15, 0.2) is 53.8 Å². The monoisotopic (exact) mass is 451 g/mol. The van der Waals surface area contributed by atoms with Crippen LogP contribution in [-0.2, 0) is 0 Å². The van der Waals surface area contributed by atoms with Crippen LogP contribution in [0.1, 0.15) is 5.56 Å². The Kier molecular flexibility index (Phi) is 6.09. The van der Waals surface area contributed by atoms with Gasteiger partial charge in [0, 0.05) is 11.1 Å². The Morgan fingerprint density at radius 2 is 1.78 bits per heavy atom. The zero-order chi connectivity index (χ0) is 22.7. The zero-order valence-corrected chi connectivity index (χ0v) is 18.6. The summed E-state index contributed by atoms with van der Waals surface area (Å²) in [6, 6.07) is 11.0. The number of para-hydroxylation sites is 1. The molecule has 0 saturated heterocycles. The van der Waals surface area contributed by atoms with E-state index in [-0.39, 0.29) is 5.56 Å². The molecule has 4 rings (SSSR count). The molecule has 32 heavy (non-hydrogen) atoms. The van der Waals surface area contributed by atoms with E-state index in [0.717, 1.165) is 5.56 Å². The lowest BCUT2D eigenvalue weighted by atomic mass is 10.1. The maximum atomic E-state index is 13.0. The molecule has 0 amide bonds. The predicted molar refractivity (Wildman–Crippen MR) is 123 cm³/mol. The summed E-state index contributed by atoms with van der Waals surface area (Å²) in [7, 11) is 4.61. The fourth-order valence-electron chi connectivity index (χ4n) is 3.19. The van der Waals surface area contributed by atoms with Gasteiger partial charge in [0.25, 0.3) is 5.56 Å². The second kappa shape index (κ2) is 9.11. The van der Waals surface area contributed by atoms with Crippen molar-refractivity contribution in [3.8, 4) is 34.4 Å². The molecule has 0 aliphatic carbocycles. The molecule has 0 unspecified atom stereocenters. The van der Waals surface area contributed by atoms with Gasteiger partial charge < -0.3 is 18.9 Å². The van der Waals surface area contributed by atoms with Crippen LogP contribution in [-0.4, -0.2) is 42.5 Å². The minimum absolute atomic E-state index is 0.255. The molecular formula is C23H21N3O5S. The quantitative estimate of drug-likeness (QED) is 0.381. The summed E-state index contributed by atoms with van der Waals surface area (Å²) in [5, 5.41) is 4.41. The van der Waals surface area contributed by atoms with E-state index in [2.05, 4.69) is 16.7 Å². The molecule has 2 aromatic heterocycles. The van der Waals surface area contributed by atoms with Crippen molar-refractivity contribution in [1.29, 1.82) is 0 Å². The number of methoxy groups -OCH3 is 3. The van der Waals surface area contributed by atoms with E-state index in [1.807, 2.05) is 24.3 Å². The Morgan fingerprint density at radius 1 is 1.06 bits per heavy atom. The van der Waals surface area contributed by atoms with Crippen molar-refractivity contribution in [2.75, 3.05) is 27.9 Å². The highest BCUT2D eigenvalue weighted by Gasteiger charge is 2.18. The highest BCUT2D eigenvalue weighted by Crippen LogP contribution is 2.40. The van der Waals surface area contributed by atoms with E-state index < -0.39 is 0 Å². The number of ether oxygens (including phenoxy) is 4. The summed E-state index contributed by atoms with van der Waals surface area (Å²) >= 11 is 1.25. The Bertz CT molecular complexity index is 1370. The highest BCUT2D eigenvalue weighted by molar-refractivity contribution is 7.15. The Hall–Kier alpha value is -3.85. The lowest BCUT2D eigenvalue weighted by Crippen LogP contribution is -2.23. The minimum Gasteiger partial charge on any atom is -0.493 e. The van der Waals surface area contributed by atoms with Crippen molar-refractivity contribution in [1.82, 2.24) is 14.6 Å². The number of thiazole rings is 1. The van der Waals surface area contributed by atoms with Crippen LogP contribution in [0.3, 0.4) is 0 Å². The second-order valence-corrected chi connectivity index (χ2v) is 7.61. The molecule has 2 heterocycles. The SMILES string of the molecule is C=CCOc1ccccc1/C=c1\sc2nc(-c3cc(OC)c(OC)c(OC)c3)nn2c1=O. The van der Waals surface area contributed by atoms with Crippen LogP contribution >= 0.6 is 11.3 Å². The molecule has 8 nitrogen and oxygen atoms in total. The van der Waals surface area contributed by atoms with Crippen LogP contribution in [0.5, 0.6) is 23.0 Å². The fraction of sp³-hybridized carbons (Fsp3) is 0.174. The first-order valence-corrected chi connectivity index (χ1v) is 10.5. The number of benzene rings is 2. The molecule has 0 aliphatic heterocycles. The highest BCUT2D eigenvalue weighted by atomic mass is 32.1. The van der Waals surface area contributed by atoms with Crippen LogP contribution in [0.2, 0.25) is 0 Å². The number of rotatable bonds is 8. The van der Waals surface area contributed by atoms with Crippen molar-refractivity contribution >= 4 is 22.4 Å². The summed E-state index contributed by atoms with van der Waals surface area (Å²) < 4.78 is 23.6. The summed E-state index contributed by atoms with van der Waals surface area (Å²) in [6.45, 7) is 4.04. The van der Waals surface area contributed by atoms with Crippen molar-refractivity contribution in [2.45, 2.75) is 0 Å². The van der Waals surface area contributed by atoms with E-state index in [4.69, 9.17) is 18.9 Å². The molecule has 164 valence electrons. The van der Waals surface area contributed by atoms with Gasteiger partial charge >= 0.3 is 0 Å². The number of hydrogen-bond acceptors (Lipinski definition) is 8. The van der Waals surface area contributed by atoms with Crippen molar-refractivity contribution in [3.05, 3.63) is 69.5 Å². The largest absolute Gasteiger partial charge is 0.493 e. The minimum atomic E-state index is -0.255. The fourth-order valence-corrected chi connectivity index (χ4v) is 4.09. The van der Waals surface area contributed by atoms with Gasteiger partial charge in [-0.2, -0.15) is 9.50 Å². The van der Waals surface area contributed by atoms with E-state index in [1.54, 1.807) is 24.3 Å². The molecule has 9 heteroatoms. The van der Waals surface area contributed by atoms with E-state index in [9.17, 15) is 4.79 Å². The van der Waals surface area contributed by atoms with Gasteiger partial charge in [-0.15, -0.1) is 5.10 Å². The molecule has 0 aliphatic rings. The van der Waals surface area contributed by atoms with E-state index in [1.165, 1.54) is 37.2 Å². The Labute approximate surface area is 188 Å². The smallest absolute Gasteiger partial charge is 0.291 e. The molecule has 0 radical (unpaired) electrons. The first-order valence-electron chi connectivity index (χ1n) is 9.64. The molecule has 0 spiro atoms. The second-order valence-electron chi connectivity index (χ2n) is 6.60. The standard InChI is InChI=1S/C23H21N3O5S/c1-5-10-31-16-9-7-6-8-14(16)13-19-22(27)26-23(32-19)24-21(25-26)15-11-17(28-2)20(30-4)18(12-15)29-3/h5-9,11-13H,1,10H2,2-4H3/b19-13-. The summed E-state index contributed by atoms with van der Waals surface area (Å²) in [6.07, 6.45) is 3.45. The number of aromatic nitrogens is 3. The van der Waals surface area contributed by atoms with E-state index >= 15 is 0 Å². The third-order valence-electron chi connectivity index (χ3n) is 4.67. The van der Waals surface area contributed by atoms with Gasteiger partial charge in [-0.05, 0) is 24.3 Å². The van der Waals surface area contributed by atoms with Gasteiger partial charge in [-0.25, -0.2) is 0 Å². The third kappa shape index (κ3) is 3.90. The molecule has 0 saturated carbocycles. The number of hydrogen-bond donors (Lipinski definition) is 0. The van der Waals surface area contributed by atoms with Crippen molar-refractivity contribution in [2.24, 2.45) is 0 Å². The topological polar surface area (TPSA) is 84.2 Å². The van der Waals surface area contributed by atoms with E-state index in [0.29, 0.717) is 50.5 Å². The van der Waals surface area contributed by atoms with Crippen molar-refractivity contribution in [3.63, 3.8) is 0 Å². The summed E-state index contributed by atoms with van der Waals surface area (Å²) in [4.78, 5) is 18.0. The Morgan fingerprint density at radius 3 is 2.41 bits per heavy atom. The summed E-state index contributed by atoms with van der Waals surface area (Å²) in [5.74, 6) is 2.48. The van der Waals surface area contributed by atoms with Crippen LogP contribution in [0.25, 0.3) is 22.4 Å². The first kappa shape index (κ1) is 21.4. The van der Waals surface area contributed by atoms with Gasteiger partial charge in [0.1, 0.15) is 12.4 Å². The van der Waals surface area contributed by atoms with Crippen molar-refractivity contribution < 1.29 is 18.9 Å². The normalized spacial score (nSPS) is 11.5. The Balaban J connectivity index is 1.78. The summed E-state index contributed by atoms with van der Waals surface area (Å²) in [5.41, 5.74) is 1.18. The third-order valence-corrected chi connectivity index (χ3v) is 5.63. The molecule has 4 aromatic rings. The first-order chi connectivity index (χ1) is 15.6. The average Bonchev–Trinajstić information content (AvgIpc) is 3.36. The van der Waals surface area contributed by atoms with Gasteiger partial charge in [0.2, 0.25) is 10.7 Å². The van der Waals surface area contributed by atoms with Gasteiger partial charge in [-0.1, -0.05) is 42.2 Å². The molecule has 0 bridgehead atoms. The van der Waals surface area contributed by atoms with Crippen LogP contribution < -0.4 is 29.0 Å².